The molecule has 7 nitrogen and oxygen atoms in total. The van der Waals surface area contributed by atoms with Gasteiger partial charge in [-0.05, 0) is 19.1 Å². The summed E-state index contributed by atoms with van der Waals surface area (Å²) in [4.78, 5) is 33.5. The summed E-state index contributed by atoms with van der Waals surface area (Å²) in [6, 6.07) is 7.11. The van der Waals surface area contributed by atoms with E-state index in [0.29, 0.717) is 5.69 Å². The van der Waals surface area contributed by atoms with Crippen LogP contribution in [0.2, 0.25) is 0 Å². The third-order valence-electron chi connectivity index (χ3n) is 2.30. The van der Waals surface area contributed by atoms with Crippen molar-refractivity contribution in [2.75, 3.05) is 18.1 Å². The predicted octanol–water partition coefficient (Wildman–Crippen LogP) is 0.628. The Labute approximate surface area is 110 Å². The number of nitrogens with one attached hydrogen (secondary N) is 1. The van der Waals surface area contributed by atoms with E-state index >= 15 is 0 Å². The van der Waals surface area contributed by atoms with Gasteiger partial charge in [0.05, 0.1) is 12.2 Å². The minimum atomic E-state index is -0.767. The van der Waals surface area contributed by atoms with Crippen LogP contribution in [0.1, 0.15) is 6.92 Å². The van der Waals surface area contributed by atoms with E-state index in [-0.39, 0.29) is 13.1 Å². The number of nitrogens with two attached hydrogens (primary N) is 1. The second-order valence-electron chi connectivity index (χ2n) is 3.50. The molecular weight excluding hydrogens is 248 g/mol. The maximum atomic E-state index is 12.0. The van der Waals surface area contributed by atoms with E-state index in [1.54, 1.807) is 43.5 Å². The van der Waals surface area contributed by atoms with Crippen LogP contribution in [0.3, 0.4) is 0 Å². The molecule has 0 spiro atoms. The van der Waals surface area contributed by atoms with Crippen molar-refractivity contribution in [2.45, 2.75) is 6.92 Å². The van der Waals surface area contributed by atoms with Gasteiger partial charge in [0.25, 0.3) is 0 Å². The van der Waals surface area contributed by atoms with Crippen molar-refractivity contribution in [2.24, 2.45) is 5.73 Å². The minimum Gasteiger partial charge on any atom is -0.350 e. The van der Waals surface area contributed by atoms with Crippen molar-refractivity contribution in [3.63, 3.8) is 0 Å². The van der Waals surface area contributed by atoms with Gasteiger partial charge >= 0.3 is 12.1 Å². The Morgan fingerprint density at radius 1 is 1.32 bits per heavy atom. The first-order valence-electron chi connectivity index (χ1n) is 5.66. The molecule has 0 aromatic heterocycles. The molecule has 3 N–H and O–H groups in total. The third kappa shape index (κ3) is 3.70. The fourth-order valence-corrected chi connectivity index (χ4v) is 1.52. The van der Waals surface area contributed by atoms with Gasteiger partial charge in [0.2, 0.25) is 6.29 Å². The molecule has 0 unspecified atom stereocenters. The quantitative estimate of drug-likeness (QED) is 0.780. The van der Waals surface area contributed by atoms with Gasteiger partial charge < -0.3 is 11.1 Å². The van der Waals surface area contributed by atoms with Crippen LogP contribution < -0.4 is 16.1 Å². The Morgan fingerprint density at radius 2 is 1.95 bits per heavy atom. The Balaban J connectivity index is 3.06. The lowest BCUT2D eigenvalue weighted by Gasteiger charge is -2.32. The molecule has 0 saturated carbocycles. The molecule has 0 aliphatic rings. The highest BCUT2D eigenvalue weighted by Crippen LogP contribution is 2.16. The molecule has 19 heavy (non-hydrogen) atoms. The second kappa shape index (κ2) is 7.00. The third-order valence-corrected chi connectivity index (χ3v) is 2.30. The molecule has 0 aliphatic heterocycles. The van der Waals surface area contributed by atoms with Crippen LogP contribution >= 0.6 is 0 Å². The second-order valence-corrected chi connectivity index (χ2v) is 3.50. The standard InChI is InChI=1S/C12H15N4O3/c1-2-15(11(13)18)16(12(19)14-8-9-17)10-6-4-3-5-7-10/h3-7H,2,8H2,1H3,(H2,13,18)(H,14,19). The zero-order valence-corrected chi connectivity index (χ0v) is 10.5. The Morgan fingerprint density at radius 3 is 2.42 bits per heavy atom. The van der Waals surface area contributed by atoms with Gasteiger partial charge in [-0.15, -0.1) is 0 Å². The highest BCUT2D eigenvalue weighted by molar-refractivity contribution is 5.95. The largest absolute Gasteiger partial charge is 0.350 e. The average molecular weight is 263 g/mol. The summed E-state index contributed by atoms with van der Waals surface area (Å²) < 4.78 is 0. The summed E-state index contributed by atoms with van der Waals surface area (Å²) in [6.45, 7) is 1.63. The summed E-state index contributed by atoms with van der Waals surface area (Å²) in [6.07, 6.45) is 1.55. The van der Waals surface area contributed by atoms with E-state index in [4.69, 9.17) is 5.73 Å². The topological polar surface area (TPSA) is 95.7 Å². The van der Waals surface area contributed by atoms with Crippen molar-refractivity contribution < 1.29 is 14.4 Å². The van der Waals surface area contributed by atoms with Gasteiger partial charge in [0.1, 0.15) is 0 Å². The van der Waals surface area contributed by atoms with Crippen LogP contribution in [0, 0.1) is 0 Å². The molecule has 0 heterocycles. The smallest absolute Gasteiger partial charge is 0.341 e. The molecule has 0 saturated heterocycles. The first-order valence-corrected chi connectivity index (χ1v) is 5.66. The number of carbonyl (C=O) groups excluding carboxylic acids is 3. The summed E-state index contributed by atoms with van der Waals surface area (Å²) in [5.74, 6) is 0. The predicted molar refractivity (Wildman–Crippen MR) is 70.0 cm³/mol. The number of urea groups is 2. The summed E-state index contributed by atoms with van der Waals surface area (Å²) >= 11 is 0. The molecule has 1 aromatic carbocycles. The lowest BCUT2D eigenvalue weighted by molar-refractivity contribution is 0.197. The first-order chi connectivity index (χ1) is 9.11. The Bertz CT molecular complexity index is 450. The number of carbonyl (C=O) groups is 2. The Hall–Kier alpha value is -2.57. The number of anilines is 1. The van der Waals surface area contributed by atoms with Gasteiger partial charge in [-0.25, -0.2) is 14.6 Å². The Kier molecular flexibility index (Phi) is 5.34. The number of rotatable bonds is 4. The number of para-hydroxylation sites is 1. The number of hydrogen-bond donors (Lipinski definition) is 2. The highest BCUT2D eigenvalue weighted by Gasteiger charge is 2.24. The molecule has 4 amide bonds. The molecule has 7 heteroatoms. The van der Waals surface area contributed by atoms with Crippen LogP contribution in [0.5, 0.6) is 0 Å². The van der Waals surface area contributed by atoms with E-state index < -0.39 is 12.1 Å². The van der Waals surface area contributed by atoms with Gasteiger partial charge in [0.15, 0.2) is 0 Å². The zero-order chi connectivity index (χ0) is 14.3. The fraction of sp³-hybridized carbons (Fsp3) is 0.250. The summed E-state index contributed by atoms with van der Waals surface area (Å²) in [5, 5.41) is 4.46. The molecule has 1 radical (unpaired) electrons. The number of nitrogens with zero attached hydrogens (tertiary/aromatic N) is 2. The minimum absolute atomic E-state index is 0.211. The van der Waals surface area contributed by atoms with Crippen LogP contribution in [0.25, 0.3) is 0 Å². The van der Waals surface area contributed by atoms with Crippen LogP contribution in [-0.4, -0.2) is 36.4 Å². The molecule has 0 atom stereocenters. The zero-order valence-electron chi connectivity index (χ0n) is 10.5. The number of hydrazine groups is 1. The SMILES string of the molecule is CCN(C(N)=O)N(C(=O)NC[C]=O)c1ccccc1. The molecule has 101 valence electrons. The normalized spacial score (nSPS) is 9.53. The van der Waals surface area contributed by atoms with Gasteiger partial charge in [0, 0.05) is 6.54 Å². The maximum Gasteiger partial charge on any atom is 0.341 e. The molecule has 0 aliphatic carbocycles. The molecular formula is C12H15N4O3. The van der Waals surface area contributed by atoms with E-state index in [2.05, 4.69) is 5.32 Å². The highest BCUT2D eigenvalue weighted by atomic mass is 16.2. The van der Waals surface area contributed by atoms with Crippen molar-refractivity contribution in [1.82, 2.24) is 10.3 Å². The molecule has 1 rings (SSSR count). The molecule has 1 aromatic rings. The number of hydrogen-bond acceptors (Lipinski definition) is 3. The van der Waals surface area contributed by atoms with Crippen LogP contribution in [0.15, 0.2) is 30.3 Å². The molecule has 0 bridgehead atoms. The van der Waals surface area contributed by atoms with Crippen molar-refractivity contribution in [3.05, 3.63) is 30.3 Å². The van der Waals surface area contributed by atoms with Crippen LogP contribution in [0.4, 0.5) is 15.3 Å². The van der Waals surface area contributed by atoms with Gasteiger partial charge in [-0.1, -0.05) is 18.2 Å². The lowest BCUT2D eigenvalue weighted by Crippen LogP contribution is -2.55. The van der Waals surface area contributed by atoms with E-state index in [1.807, 2.05) is 0 Å². The first kappa shape index (κ1) is 14.5. The molecule has 0 fully saturated rings. The van der Waals surface area contributed by atoms with Crippen molar-refractivity contribution in [3.8, 4) is 0 Å². The van der Waals surface area contributed by atoms with Crippen molar-refractivity contribution in [1.29, 1.82) is 0 Å². The van der Waals surface area contributed by atoms with E-state index in [1.165, 1.54) is 0 Å². The average Bonchev–Trinajstić information content (AvgIpc) is 2.42. The van der Waals surface area contributed by atoms with Crippen LogP contribution in [-0.2, 0) is 4.79 Å². The lowest BCUT2D eigenvalue weighted by atomic mass is 10.3. The number of amides is 4. The van der Waals surface area contributed by atoms with E-state index in [0.717, 1.165) is 10.0 Å². The summed E-state index contributed by atoms with van der Waals surface area (Å²) in [5.41, 5.74) is 5.70. The number of benzene rings is 1. The van der Waals surface area contributed by atoms with Gasteiger partial charge in [-0.2, -0.15) is 5.01 Å². The van der Waals surface area contributed by atoms with Gasteiger partial charge in [-0.3, -0.25) is 4.79 Å². The fourth-order valence-electron chi connectivity index (χ4n) is 1.52. The monoisotopic (exact) mass is 263 g/mol. The number of primary amides is 1. The maximum absolute atomic E-state index is 12.0. The van der Waals surface area contributed by atoms with E-state index in [9.17, 15) is 14.4 Å². The summed E-state index contributed by atoms with van der Waals surface area (Å²) in [7, 11) is 0. The van der Waals surface area contributed by atoms with Crippen molar-refractivity contribution >= 4 is 24.0 Å².